The van der Waals surface area contributed by atoms with Crippen LogP contribution in [0.2, 0.25) is 0 Å². The summed E-state index contributed by atoms with van der Waals surface area (Å²) in [4.78, 5) is 2.37. The molecule has 0 spiro atoms. The highest BCUT2D eigenvalue weighted by atomic mass is 32.1. The Morgan fingerprint density at radius 1 is 0.345 bits per heavy atom. The van der Waals surface area contributed by atoms with Gasteiger partial charge in [-0.2, -0.15) is 0 Å². The minimum atomic E-state index is 1.10. The lowest BCUT2D eigenvalue weighted by Gasteiger charge is -2.26. The van der Waals surface area contributed by atoms with Gasteiger partial charge in [0, 0.05) is 53.6 Å². The van der Waals surface area contributed by atoms with E-state index in [0.717, 1.165) is 17.1 Å². The molecule has 0 unspecified atom stereocenters. The zero-order chi connectivity index (χ0) is 36.3. The lowest BCUT2D eigenvalue weighted by molar-refractivity contribution is 1.18. The molecule has 0 atom stereocenters. The standard InChI is InChI=1S/C52H34N2S/c1-2-12-38-33-42(31-23-35(38)11-1)53(40-27-21-36(22-28-40)39-26-32-52-47(34-39)46-16-6-10-20-51(46)55-52)41-29-24-37(25-30-41)43-13-3-7-17-48(43)54-49-18-8-4-14-44(49)45-15-5-9-19-50(45)54/h1-34H. The lowest BCUT2D eigenvalue weighted by Crippen LogP contribution is -2.10. The van der Waals surface area contributed by atoms with Gasteiger partial charge in [0.05, 0.1) is 16.7 Å². The van der Waals surface area contributed by atoms with Gasteiger partial charge in [0.25, 0.3) is 0 Å². The highest BCUT2D eigenvalue weighted by Crippen LogP contribution is 2.41. The molecule has 0 saturated heterocycles. The third-order valence-corrected chi connectivity index (χ3v) is 12.1. The predicted octanol–water partition coefficient (Wildman–Crippen LogP) is 15.1. The summed E-state index contributed by atoms with van der Waals surface area (Å²) in [7, 11) is 0. The van der Waals surface area contributed by atoms with Crippen molar-refractivity contribution in [3.05, 3.63) is 206 Å². The van der Waals surface area contributed by atoms with Crippen LogP contribution in [0, 0.1) is 0 Å². The van der Waals surface area contributed by atoms with Gasteiger partial charge < -0.3 is 9.47 Å². The molecule has 0 fully saturated rings. The SMILES string of the molecule is c1ccc(-n2c3ccccc3c3ccccc32)c(-c2ccc(N(c3ccc(-c4ccc5sc6ccccc6c5c4)cc3)c3ccc4ccccc4c3)cc2)c1. The maximum atomic E-state index is 2.41. The highest BCUT2D eigenvalue weighted by Gasteiger charge is 2.17. The van der Waals surface area contributed by atoms with Crippen molar-refractivity contribution in [1.29, 1.82) is 0 Å². The molecule has 0 saturated carbocycles. The maximum absolute atomic E-state index is 2.41. The van der Waals surface area contributed by atoms with Crippen molar-refractivity contribution in [2.75, 3.05) is 4.90 Å². The Balaban J connectivity index is 1.01. The lowest BCUT2D eigenvalue weighted by atomic mass is 10.0. The molecule has 258 valence electrons. The third kappa shape index (κ3) is 5.32. The van der Waals surface area contributed by atoms with Crippen LogP contribution in [0.25, 0.3) is 80.7 Å². The first kappa shape index (κ1) is 31.6. The Morgan fingerprint density at radius 2 is 0.891 bits per heavy atom. The molecule has 0 aliphatic heterocycles. The second-order valence-electron chi connectivity index (χ2n) is 14.2. The molecule has 0 bridgehead atoms. The van der Waals surface area contributed by atoms with E-state index in [0.29, 0.717) is 0 Å². The number of anilines is 3. The van der Waals surface area contributed by atoms with Gasteiger partial charge in [0.1, 0.15) is 0 Å². The fraction of sp³-hybridized carbons (Fsp3) is 0. The average molecular weight is 719 g/mol. The van der Waals surface area contributed by atoms with Crippen LogP contribution >= 0.6 is 11.3 Å². The van der Waals surface area contributed by atoms with E-state index in [-0.39, 0.29) is 0 Å². The van der Waals surface area contributed by atoms with E-state index in [4.69, 9.17) is 0 Å². The van der Waals surface area contributed by atoms with Gasteiger partial charge in [-0.25, -0.2) is 0 Å². The molecule has 0 aliphatic carbocycles. The van der Waals surface area contributed by atoms with Gasteiger partial charge in [0.2, 0.25) is 0 Å². The summed E-state index contributed by atoms with van der Waals surface area (Å²) in [6, 6.07) is 75.2. The molecule has 0 amide bonds. The number of nitrogens with zero attached hydrogens (tertiary/aromatic N) is 2. The first-order valence-corrected chi connectivity index (χ1v) is 19.6. The fourth-order valence-corrected chi connectivity index (χ4v) is 9.44. The quantitative estimate of drug-likeness (QED) is 0.166. The Morgan fingerprint density at radius 3 is 1.64 bits per heavy atom. The van der Waals surface area contributed by atoms with Crippen LogP contribution in [0.3, 0.4) is 0 Å². The molecule has 11 aromatic rings. The van der Waals surface area contributed by atoms with Crippen LogP contribution < -0.4 is 4.90 Å². The average Bonchev–Trinajstić information content (AvgIpc) is 3.80. The van der Waals surface area contributed by atoms with Crippen molar-refractivity contribution < 1.29 is 0 Å². The van der Waals surface area contributed by atoms with Crippen molar-refractivity contribution in [3.8, 4) is 27.9 Å². The molecule has 3 heteroatoms. The molecule has 2 heterocycles. The Bertz CT molecular complexity index is 3150. The molecule has 0 radical (unpaired) electrons. The van der Waals surface area contributed by atoms with Gasteiger partial charge in [-0.05, 0) is 100 Å². The second kappa shape index (κ2) is 12.9. The predicted molar refractivity (Wildman–Crippen MR) is 237 cm³/mol. The molecular weight excluding hydrogens is 685 g/mol. The van der Waals surface area contributed by atoms with E-state index in [1.807, 2.05) is 11.3 Å². The van der Waals surface area contributed by atoms with Gasteiger partial charge in [-0.3, -0.25) is 0 Å². The first-order valence-electron chi connectivity index (χ1n) is 18.8. The van der Waals surface area contributed by atoms with E-state index >= 15 is 0 Å². The number of aromatic nitrogens is 1. The summed E-state index contributed by atoms with van der Waals surface area (Å²) in [5.41, 5.74) is 11.7. The zero-order valence-corrected chi connectivity index (χ0v) is 30.7. The second-order valence-corrected chi connectivity index (χ2v) is 15.2. The van der Waals surface area contributed by atoms with Gasteiger partial charge in [0.15, 0.2) is 0 Å². The topological polar surface area (TPSA) is 8.17 Å². The number of thiophene rings is 1. The van der Waals surface area contributed by atoms with E-state index < -0.39 is 0 Å². The third-order valence-electron chi connectivity index (χ3n) is 11.0. The minimum absolute atomic E-state index is 1.10. The van der Waals surface area contributed by atoms with E-state index in [2.05, 4.69) is 216 Å². The number of hydrogen-bond acceptors (Lipinski definition) is 2. The zero-order valence-electron chi connectivity index (χ0n) is 29.9. The van der Waals surface area contributed by atoms with Gasteiger partial charge >= 0.3 is 0 Å². The summed E-state index contributed by atoms with van der Waals surface area (Å²) in [5.74, 6) is 0. The molecule has 9 aromatic carbocycles. The van der Waals surface area contributed by atoms with Gasteiger partial charge in [-0.15, -0.1) is 11.3 Å². The fourth-order valence-electron chi connectivity index (χ4n) is 8.36. The summed E-state index contributed by atoms with van der Waals surface area (Å²) in [6.07, 6.45) is 0. The Labute approximate surface area is 323 Å². The maximum Gasteiger partial charge on any atom is 0.0541 e. The summed E-state index contributed by atoms with van der Waals surface area (Å²) in [5, 5.41) is 7.62. The number of para-hydroxylation sites is 3. The van der Waals surface area contributed by atoms with Crippen LogP contribution in [0.5, 0.6) is 0 Å². The van der Waals surface area contributed by atoms with Gasteiger partial charge in [-0.1, -0.05) is 133 Å². The van der Waals surface area contributed by atoms with Crippen molar-refractivity contribution in [2.45, 2.75) is 0 Å². The molecule has 55 heavy (non-hydrogen) atoms. The van der Waals surface area contributed by atoms with E-state index in [1.54, 1.807) is 0 Å². The Hall–Kier alpha value is -6.94. The monoisotopic (exact) mass is 718 g/mol. The molecule has 0 aliphatic rings. The molecule has 2 nitrogen and oxygen atoms in total. The van der Waals surface area contributed by atoms with Crippen LogP contribution in [-0.2, 0) is 0 Å². The van der Waals surface area contributed by atoms with Crippen LogP contribution in [0.4, 0.5) is 17.1 Å². The minimum Gasteiger partial charge on any atom is -0.310 e. The summed E-state index contributed by atoms with van der Waals surface area (Å²) < 4.78 is 5.07. The van der Waals surface area contributed by atoms with Crippen molar-refractivity contribution in [1.82, 2.24) is 4.57 Å². The molecule has 0 N–H and O–H groups in total. The number of hydrogen-bond donors (Lipinski definition) is 0. The Kier molecular flexibility index (Phi) is 7.39. The number of fused-ring (bicyclic) bond motifs is 7. The summed E-state index contributed by atoms with van der Waals surface area (Å²) in [6.45, 7) is 0. The van der Waals surface area contributed by atoms with Crippen LogP contribution in [0.1, 0.15) is 0 Å². The van der Waals surface area contributed by atoms with E-state index in [9.17, 15) is 0 Å². The normalized spacial score (nSPS) is 11.6. The molecule has 2 aromatic heterocycles. The van der Waals surface area contributed by atoms with Crippen LogP contribution in [-0.4, -0.2) is 4.57 Å². The van der Waals surface area contributed by atoms with Crippen LogP contribution in [0.15, 0.2) is 206 Å². The van der Waals surface area contributed by atoms with E-state index in [1.165, 1.54) is 80.7 Å². The molecular formula is C52H34N2S. The summed E-state index contributed by atoms with van der Waals surface area (Å²) >= 11 is 1.86. The molecule has 11 rings (SSSR count). The first-order chi connectivity index (χ1) is 27.3. The van der Waals surface area contributed by atoms with Crippen molar-refractivity contribution >= 4 is 81.1 Å². The number of benzene rings is 9. The smallest absolute Gasteiger partial charge is 0.0541 e. The highest BCUT2D eigenvalue weighted by molar-refractivity contribution is 7.25. The van der Waals surface area contributed by atoms with Crippen molar-refractivity contribution in [3.63, 3.8) is 0 Å². The largest absolute Gasteiger partial charge is 0.310 e. The number of rotatable bonds is 6. The van der Waals surface area contributed by atoms with Crippen molar-refractivity contribution in [2.24, 2.45) is 0 Å².